The number of nitrogens with zero attached hydrogens (tertiary/aromatic N) is 1. The van der Waals surface area contributed by atoms with Crippen LogP contribution < -0.4 is 0 Å². The van der Waals surface area contributed by atoms with E-state index in [1.807, 2.05) is 11.8 Å². The molecule has 1 aromatic carbocycles. The Hall–Kier alpha value is -1.33. The van der Waals surface area contributed by atoms with Crippen LogP contribution in [-0.4, -0.2) is 40.6 Å². The van der Waals surface area contributed by atoms with Crippen LogP contribution >= 0.6 is 11.8 Å². The predicted molar refractivity (Wildman–Crippen MR) is 80.3 cm³/mol. The Morgan fingerprint density at radius 3 is 3.05 bits per heavy atom. The van der Waals surface area contributed by atoms with Gasteiger partial charge in [-0.3, -0.25) is 4.90 Å². The largest absolute Gasteiger partial charge is 0.478 e. The molecule has 1 saturated heterocycles. The summed E-state index contributed by atoms with van der Waals surface area (Å²) in [4.78, 5) is 12.8. The van der Waals surface area contributed by atoms with E-state index >= 15 is 0 Å². The standard InChI is InChI=1S/C15H18FNO2S/c1-17(13-6-7-20-10-13)9-11-2-4-14(16)12(8-11)3-5-15(18)19/h2-5,8,13H,6-7,9-10H2,1H3,(H,18,19). The smallest absolute Gasteiger partial charge is 0.328 e. The van der Waals surface area contributed by atoms with Crippen LogP contribution in [0.2, 0.25) is 0 Å². The van der Waals surface area contributed by atoms with Gasteiger partial charge in [-0.05, 0) is 43.0 Å². The fraction of sp³-hybridized carbons (Fsp3) is 0.400. The first-order valence-corrected chi connectivity index (χ1v) is 7.69. The molecule has 20 heavy (non-hydrogen) atoms. The third-order valence-electron chi connectivity index (χ3n) is 3.43. The van der Waals surface area contributed by atoms with E-state index in [1.165, 1.54) is 24.3 Å². The van der Waals surface area contributed by atoms with Crippen molar-refractivity contribution in [3.8, 4) is 0 Å². The van der Waals surface area contributed by atoms with Crippen molar-refractivity contribution in [2.45, 2.75) is 19.0 Å². The van der Waals surface area contributed by atoms with Gasteiger partial charge in [0.25, 0.3) is 0 Å². The first kappa shape index (κ1) is 15.1. The SMILES string of the molecule is CN(Cc1ccc(F)c(C=CC(=O)O)c1)C1CCSC1. The zero-order chi connectivity index (χ0) is 14.5. The first-order chi connectivity index (χ1) is 9.56. The summed E-state index contributed by atoms with van der Waals surface area (Å²) in [5.41, 5.74) is 1.31. The molecule has 0 saturated carbocycles. The molecule has 0 aromatic heterocycles. The number of benzene rings is 1. The lowest BCUT2D eigenvalue weighted by molar-refractivity contribution is -0.131. The van der Waals surface area contributed by atoms with Gasteiger partial charge in [-0.1, -0.05) is 6.07 Å². The van der Waals surface area contributed by atoms with Crippen molar-refractivity contribution in [1.82, 2.24) is 4.90 Å². The first-order valence-electron chi connectivity index (χ1n) is 6.53. The summed E-state index contributed by atoms with van der Waals surface area (Å²) >= 11 is 1.96. The quantitative estimate of drug-likeness (QED) is 0.848. The summed E-state index contributed by atoms with van der Waals surface area (Å²) in [5.74, 6) is 0.870. The van der Waals surface area contributed by atoms with Crippen molar-refractivity contribution >= 4 is 23.8 Å². The molecule has 2 rings (SSSR count). The molecule has 3 nitrogen and oxygen atoms in total. The molecule has 1 unspecified atom stereocenters. The Morgan fingerprint density at radius 2 is 2.40 bits per heavy atom. The van der Waals surface area contributed by atoms with Crippen molar-refractivity contribution in [3.63, 3.8) is 0 Å². The van der Waals surface area contributed by atoms with Crippen LogP contribution in [0.15, 0.2) is 24.3 Å². The van der Waals surface area contributed by atoms with E-state index in [0.29, 0.717) is 11.6 Å². The molecular formula is C15H18FNO2S. The van der Waals surface area contributed by atoms with Gasteiger partial charge >= 0.3 is 5.97 Å². The van der Waals surface area contributed by atoms with Crippen molar-refractivity contribution in [2.24, 2.45) is 0 Å². The van der Waals surface area contributed by atoms with E-state index in [0.717, 1.165) is 23.9 Å². The fourth-order valence-electron chi connectivity index (χ4n) is 2.27. The number of hydrogen-bond acceptors (Lipinski definition) is 3. The Bertz CT molecular complexity index is 513. The molecule has 1 atom stereocenters. The maximum absolute atomic E-state index is 13.6. The maximum Gasteiger partial charge on any atom is 0.328 e. The van der Waals surface area contributed by atoms with Crippen LogP contribution in [0, 0.1) is 5.82 Å². The highest BCUT2D eigenvalue weighted by molar-refractivity contribution is 7.99. The minimum absolute atomic E-state index is 0.319. The number of carboxylic acid groups (broad SMARTS) is 1. The minimum Gasteiger partial charge on any atom is -0.478 e. The average molecular weight is 295 g/mol. The number of aliphatic carboxylic acids is 1. The summed E-state index contributed by atoms with van der Waals surface area (Å²) in [7, 11) is 2.08. The Labute approximate surface area is 122 Å². The van der Waals surface area contributed by atoms with Gasteiger partial charge in [0.15, 0.2) is 0 Å². The zero-order valence-electron chi connectivity index (χ0n) is 11.4. The second kappa shape index (κ2) is 6.90. The Balaban J connectivity index is 2.08. The topological polar surface area (TPSA) is 40.5 Å². The van der Waals surface area contributed by atoms with E-state index in [-0.39, 0.29) is 0 Å². The summed E-state index contributed by atoms with van der Waals surface area (Å²) in [6, 6.07) is 5.44. The van der Waals surface area contributed by atoms with E-state index < -0.39 is 11.8 Å². The summed E-state index contributed by atoms with van der Waals surface area (Å²) in [6.07, 6.45) is 3.44. The normalized spacial score (nSPS) is 19.1. The van der Waals surface area contributed by atoms with E-state index in [4.69, 9.17) is 5.11 Å². The molecule has 1 N–H and O–H groups in total. The predicted octanol–water partition coefficient (Wildman–Crippen LogP) is 2.86. The number of hydrogen-bond donors (Lipinski definition) is 1. The lowest BCUT2D eigenvalue weighted by atomic mass is 10.1. The molecule has 1 aromatic rings. The van der Waals surface area contributed by atoms with Gasteiger partial charge < -0.3 is 5.11 Å². The van der Waals surface area contributed by atoms with Crippen molar-refractivity contribution < 1.29 is 14.3 Å². The third kappa shape index (κ3) is 4.08. The van der Waals surface area contributed by atoms with Gasteiger partial charge in [0.1, 0.15) is 5.82 Å². The highest BCUT2D eigenvalue weighted by atomic mass is 32.2. The van der Waals surface area contributed by atoms with Crippen LogP contribution in [-0.2, 0) is 11.3 Å². The van der Waals surface area contributed by atoms with Crippen LogP contribution in [0.5, 0.6) is 0 Å². The zero-order valence-corrected chi connectivity index (χ0v) is 12.2. The molecular weight excluding hydrogens is 277 g/mol. The molecule has 1 aliphatic heterocycles. The van der Waals surface area contributed by atoms with Crippen LogP contribution in [0.1, 0.15) is 17.5 Å². The van der Waals surface area contributed by atoms with Crippen molar-refractivity contribution in [1.29, 1.82) is 0 Å². The minimum atomic E-state index is -1.07. The third-order valence-corrected chi connectivity index (χ3v) is 4.57. The van der Waals surface area contributed by atoms with Gasteiger partial charge in [0.2, 0.25) is 0 Å². The Kier molecular flexibility index (Phi) is 5.20. The van der Waals surface area contributed by atoms with Crippen molar-refractivity contribution in [2.75, 3.05) is 18.6 Å². The molecule has 0 radical (unpaired) electrons. The van der Waals surface area contributed by atoms with Gasteiger partial charge in [-0.25, -0.2) is 9.18 Å². The van der Waals surface area contributed by atoms with Gasteiger partial charge in [0.05, 0.1) is 0 Å². The van der Waals surface area contributed by atoms with Gasteiger partial charge in [-0.15, -0.1) is 0 Å². The molecule has 0 aliphatic carbocycles. The molecule has 0 spiro atoms. The maximum atomic E-state index is 13.6. The van der Waals surface area contributed by atoms with Crippen molar-refractivity contribution in [3.05, 3.63) is 41.2 Å². The molecule has 1 aliphatic rings. The summed E-state index contributed by atoms with van der Waals surface area (Å²) in [5, 5.41) is 8.60. The number of halogens is 1. The van der Waals surface area contributed by atoms with E-state index in [2.05, 4.69) is 11.9 Å². The molecule has 1 heterocycles. The molecule has 0 amide bonds. The van der Waals surface area contributed by atoms with Crippen LogP contribution in [0.3, 0.4) is 0 Å². The monoisotopic (exact) mass is 295 g/mol. The summed E-state index contributed by atoms with van der Waals surface area (Å²) in [6.45, 7) is 0.749. The highest BCUT2D eigenvalue weighted by Gasteiger charge is 2.20. The second-order valence-corrected chi connectivity index (χ2v) is 6.11. The Morgan fingerprint density at radius 1 is 1.60 bits per heavy atom. The van der Waals surface area contributed by atoms with E-state index in [9.17, 15) is 9.18 Å². The molecule has 108 valence electrons. The number of carbonyl (C=O) groups is 1. The van der Waals surface area contributed by atoms with Gasteiger partial charge in [-0.2, -0.15) is 11.8 Å². The summed E-state index contributed by atoms with van der Waals surface area (Å²) < 4.78 is 13.6. The number of carboxylic acids is 1. The fourth-order valence-corrected chi connectivity index (χ4v) is 3.57. The van der Waals surface area contributed by atoms with Gasteiger partial charge in [0, 0.05) is 30.0 Å². The second-order valence-electron chi connectivity index (χ2n) is 4.96. The lowest BCUT2D eigenvalue weighted by Crippen LogP contribution is -2.30. The number of rotatable bonds is 5. The van der Waals surface area contributed by atoms with Crippen LogP contribution in [0.4, 0.5) is 4.39 Å². The number of thioether (sulfide) groups is 1. The molecule has 1 fully saturated rings. The lowest BCUT2D eigenvalue weighted by Gasteiger charge is -2.23. The molecule has 0 bridgehead atoms. The highest BCUT2D eigenvalue weighted by Crippen LogP contribution is 2.23. The van der Waals surface area contributed by atoms with E-state index in [1.54, 1.807) is 12.1 Å². The average Bonchev–Trinajstić information content (AvgIpc) is 2.93. The molecule has 5 heteroatoms. The van der Waals surface area contributed by atoms with Crippen LogP contribution in [0.25, 0.3) is 6.08 Å².